The van der Waals surface area contributed by atoms with E-state index in [4.69, 9.17) is 21.0 Å². The average Bonchev–Trinajstić information content (AvgIpc) is 3.25. The Labute approximate surface area is 201 Å². The van der Waals surface area contributed by atoms with Crippen LogP contribution in [0, 0.1) is 0 Å². The molecule has 4 aromatic rings. The first-order valence-corrected chi connectivity index (χ1v) is 11.2. The maximum absolute atomic E-state index is 13.3. The van der Waals surface area contributed by atoms with Gasteiger partial charge in [-0.3, -0.25) is 10.1 Å². The maximum atomic E-state index is 13.3. The van der Waals surface area contributed by atoms with Crippen LogP contribution >= 0.6 is 11.6 Å². The van der Waals surface area contributed by atoms with Gasteiger partial charge in [0, 0.05) is 22.8 Å². The lowest BCUT2D eigenvalue weighted by Crippen LogP contribution is -2.39. The van der Waals surface area contributed by atoms with E-state index in [9.17, 15) is 4.79 Å². The Morgan fingerprint density at radius 1 is 1.03 bits per heavy atom. The Kier molecular flexibility index (Phi) is 6.01. The Morgan fingerprint density at radius 3 is 2.56 bits per heavy atom. The molecule has 1 aliphatic heterocycles. The predicted molar refractivity (Wildman–Crippen MR) is 133 cm³/mol. The van der Waals surface area contributed by atoms with Crippen molar-refractivity contribution in [2.24, 2.45) is 4.99 Å². The number of oxazole rings is 1. The van der Waals surface area contributed by atoms with Gasteiger partial charge in [0.15, 0.2) is 5.58 Å². The van der Waals surface area contributed by atoms with Gasteiger partial charge in [0.2, 0.25) is 5.96 Å². The molecule has 1 unspecified atom stereocenters. The monoisotopic (exact) mass is 471 g/mol. The van der Waals surface area contributed by atoms with Crippen molar-refractivity contribution in [3.8, 4) is 0 Å². The highest BCUT2D eigenvalue weighted by Crippen LogP contribution is 2.35. The zero-order chi connectivity index (χ0) is 23.5. The minimum atomic E-state index is -0.613. The average molecular weight is 472 g/mol. The molecule has 1 atom stereocenters. The van der Waals surface area contributed by atoms with Crippen molar-refractivity contribution in [3.63, 3.8) is 0 Å². The number of fused-ring (bicyclic) bond motifs is 1. The summed E-state index contributed by atoms with van der Waals surface area (Å²) in [4.78, 5) is 22.5. The van der Waals surface area contributed by atoms with Crippen LogP contribution in [0.4, 0.5) is 6.01 Å². The summed E-state index contributed by atoms with van der Waals surface area (Å²) < 4.78 is 5.77. The fraction of sp³-hybridized carbons (Fsp3) is 0.115. The number of nitrogens with one attached hydrogen (secondary N) is 3. The van der Waals surface area contributed by atoms with E-state index in [1.807, 2.05) is 79.7 Å². The first-order valence-electron chi connectivity index (χ1n) is 10.8. The van der Waals surface area contributed by atoms with E-state index in [-0.39, 0.29) is 5.91 Å². The largest absolute Gasteiger partial charge is 0.423 e. The molecule has 8 heteroatoms. The lowest BCUT2D eigenvalue weighted by molar-refractivity contribution is -0.118. The van der Waals surface area contributed by atoms with Crippen LogP contribution in [0.1, 0.15) is 24.1 Å². The molecule has 5 rings (SSSR count). The van der Waals surface area contributed by atoms with Crippen molar-refractivity contribution in [3.05, 3.63) is 106 Å². The van der Waals surface area contributed by atoms with Gasteiger partial charge in [-0.2, -0.15) is 4.98 Å². The molecule has 0 radical (unpaired) electrons. The Bertz CT molecular complexity index is 1380. The lowest BCUT2D eigenvalue weighted by atomic mass is 9.95. The van der Waals surface area contributed by atoms with E-state index in [1.165, 1.54) is 0 Å². The number of carbonyl (C=O) groups excluding carboxylic acids is 1. The zero-order valence-corrected chi connectivity index (χ0v) is 19.1. The number of rotatable bonds is 5. The van der Waals surface area contributed by atoms with E-state index in [2.05, 4.69) is 20.9 Å². The molecule has 1 aromatic heterocycles. The Hall–Kier alpha value is -4.10. The van der Waals surface area contributed by atoms with Gasteiger partial charge in [-0.1, -0.05) is 72.3 Å². The summed E-state index contributed by atoms with van der Waals surface area (Å²) >= 11 is 6.51. The fourth-order valence-electron chi connectivity index (χ4n) is 3.86. The smallest absolute Gasteiger partial charge is 0.302 e. The van der Waals surface area contributed by atoms with Gasteiger partial charge >= 0.3 is 6.01 Å². The molecule has 1 aliphatic rings. The van der Waals surface area contributed by atoms with Gasteiger partial charge in [-0.05, 0) is 30.7 Å². The number of guanidine groups is 1. The molecule has 170 valence electrons. The van der Waals surface area contributed by atoms with Crippen LogP contribution in [0.3, 0.4) is 0 Å². The zero-order valence-electron chi connectivity index (χ0n) is 18.4. The molecule has 3 aromatic carbocycles. The highest BCUT2D eigenvalue weighted by molar-refractivity contribution is 6.31. The number of para-hydroxylation sites is 2. The number of hydrogen-bond donors (Lipinski definition) is 3. The van der Waals surface area contributed by atoms with Crippen molar-refractivity contribution in [2.45, 2.75) is 19.5 Å². The molecule has 7 nitrogen and oxygen atoms in total. The fourth-order valence-corrected chi connectivity index (χ4v) is 4.10. The van der Waals surface area contributed by atoms with Gasteiger partial charge < -0.3 is 15.1 Å². The van der Waals surface area contributed by atoms with Gasteiger partial charge in [-0.25, -0.2) is 4.99 Å². The van der Waals surface area contributed by atoms with Crippen LogP contribution in [0.2, 0.25) is 5.02 Å². The summed E-state index contributed by atoms with van der Waals surface area (Å²) in [6.45, 7) is 2.24. The summed E-state index contributed by atoms with van der Waals surface area (Å²) in [5, 5.41) is 9.79. The molecular weight excluding hydrogens is 450 g/mol. The van der Waals surface area contributed by atoms with Gasteiger partial charge in [0.25, 0.3) is 5.91 Å². The molecule has 1 amide bonds. The van der Waals surface area contributed by atoms with E-state index >= 15 is 0 Å². The SMILES string of the molecule is CC1=C(C(=O)NCc2ccccc2)C(c2ccccc2Cl)N=C(Nc2nc3ccccc3o2)N1. The molecule has 2 heterocycles. The lowest BCUT2D eigenvalue weighted by Gasteiger charge is -2.27. The number of hydrogen-bond acceptors (Lipinski definition) is 6. The van der Waals surface area contributed by atoms with E-state index in [0.29, 0.717) is 40.4 Å². The van der Waals surface area contributed by atoms with Crippen molar-refractivity contribution in [1.82, 2.24) is 15.6 Å². The summed E-state index contributed by atoms with van der Waals surface area (Å²) in [5.74, 6) is 0.192. The number of amides is 1. The summed E-state index contributed by atoms with van der Waals surface area (Å²) in [5.41, 5.74) is 4.28. The number of nitrogens with zero attached hydrogens (tertiary/aromatic N) is 2. The minimum Gasteiger partial charge on any atom is -0.423 e. The van der Waals surface area contributed by atoms with Crippen LogP contribution in [0.5, 0.6) is 0 Å². The number of allylic oxidation sites excluding steroid dienone is 1. The molecule has 3 N–H and O–H groups in total. The molecule has 0 spiro atoms. The van der Waals surface area contributed by atoms with Crippen molar-refractivity contribution >= 4 is 40.6 Å². The van der Waals surface area contributed by atoms with Crippen molar-refractivity contribution in [1.29, 1.82) is 0 Å². The predicted octanol–water partition coefficient (Wildman–Crippen LogP) is 5.18. The van der Waals surface area contributed by atoms with Crippen LogP contribution in [0.15, 0.2) is 99.5 Å². The third kappa shape index (κ3) is 4.51. The van der Waals surface area contributed by atoms with Crippen molar-refractivity contribution in [2.75, 3.05) is 5.32 Å². The molecule has 0 fully saturated rings. The molecule has 0 bridgehead atoms. The summed E-state index contributed by atoms with van der Waals surface area (Å²) in [6.07, 6.45) is 0. The van der Waals surface area contributed by atoms with E-state index in [1.54, 1.807) is 6.07 Å². The van der Waals surface area contributed by atoms with E-state index in [0.717, 1.165) is 16.6 Å². The topological polar surface area (TPSA) is 91.5 Å². The Balaban J connectivity index is 1.45. The van der Waals surface area contributed by atoms with Gasteiger partial charge in [-0.15, -0.1) is 0 Å². The summed E-state index contributed by atoms with van der Waals surface area (Å²) in [6, 6.07) is 24.3. The minimum absolute atomic E-state index is 0.219. The first-order chi connectivity index (χ1) is 16.6. The van der Waals surface area contributed by atoms with Crippen molar-refractivity contribution < 1.29 is 9.21 Å². The third-order valence-electron chi connectivity index (χ3n) is 5.50. The van der Waals surface area contributed by atoms with E-state index < -0.39 is 6.04 Å². The van der Waals surface area contributed by atoms with Gasteiger partial charge in [0.05, 0.1) is 5.57 Å². The second kappa shape index (κ2) is 9.41. The quantitative estimate of drug-likeness (QED) is 0.373. The Morgan fingerprint density at radius 2 is 1.76 bits per heavy atom. The number of anilines is 1. The standard InChI is InChI=1S/C26H22ClN5O2/c1-16-22(24(33)28-15-17-9-3-2-4-10-17)23(18-11-5-6-12-19(18)27)31-25(29-16)32-26-30-20-13-7-8-14-21(20)34-26/h2-14,23H,15H2,1H3,(H,28,33)(H2,29,30,31,32). The molecule has 34 heavy (non-hydrogen) atoms. The third-order valence-corrected chi connectivity index (χ3v) is 5.85. The summed E-state index contributed by atoms with van der Waals surface area (Å²) in [7, 11) is 0. The molecule has 0 saturated carbocycles. The van der Waals surface area contributed by atoms with Crippen LogP contribution in [-0.4, -0.2) is 16.9 Å². The number of benzene rings is 3. The number of aliphatic imine (C=N–C) groups is 1. The van der Waals surface area contributed by atoms with Crippen LogP contribution < -0.4 is 16.0 Å². The normalized spacial score (nSPS) is 15.6. The second-order valence-corrected chi connectivity index (χ2v) is 8.25. The number of halogens is 1. The number of aromatic nitrogens is 1. The van der Waals surface area contributed by atoms with Crippen LogP contribution in [-0.2, 0) is 11.3 Å². The first kappa shape index (κ1) is 21.7. The maximum Gasteiger partial charge on any atom is 0.302 e. The van der Waals surface area contributed by atoms with Crippen LogP contribution in [0.25, 0.3) is 11.1 Å². The van der Waals surface area contributed by atoms with Gasteiger partial charge in [0.1, 0.15) is 11.6 Å². The molecule has 0 saturated heterocycles. The highest BCUT2D eigenvalue weighted by atomic mass is 35.5. The molecule has 0 aliphatic carbocycles. The highest BCUT2D eigenvalue weighted by Gasteiger charge is 2.31. The number of carbonyl (C=O) groups is 1. The molecular formula is C26H22ClN5O2. The second-order valence-electron chi connectivity index (χ2n) is 7.85.